The Kier molecular flexibility index (Phi) is 9.77. The fourth-order valence-electron chi connectivity index (χ4n) is 4.13. The number of anilines is 1. The molecule has 3 aromatic rings. The number of hydrogen-bond acceptors (Lipinski definition) is 5. The van der Waals surface area contributed by atoms with Crippen molar-refractivity contribution in [2.75, 3.05) is 25.0 Å². The standard InChI is InChI=1S/C28H32ClN3O5S/c1-5-26(28(34)30-3)31(18-21-9-6-8-20(2)16-21)27(33)19-32(23-11-7-10-22(29)17-23)38(35,36)25-14-12-24(37-4)13-15-25/h6-17,26H,5,18-19H2,1-4H3,(H,30,34)/t26-/m1/s1. The second-order valence-electron chi connectivity index (χ2n) is 8.72. The zero-order chi connectivity index (χ0) is 27.9. The molecule has 0 spiro atoms. The summed E-state index contributed by atoms with van der Waals surface area (Å²) in [6.45, 7) is 3.35. The molecule has 8 nitrogen and oxygen atoms in total. The first kappa shape index (κ1) is 29.0. The van der Waals surface area contributed by atoms with E-state index in [9.17, 15) is 18.0 Å². The van der Waals surface area contributed by atoms with Crippen LogP contribution in [-0.2, 0) is 26.2 Å². The minimum absolute atomic E-state index is 0.0188. The SMILES string of the molecule is CC[C@H](C(=O)NC)N(Cc1cccc(C)c1)C(=O)CN(c1cccc(Cl)c1)S(=O)(=O)c1ccc(OC)cc1. The molecule has 0 aliphatic carbocycles. The number of halogens is 1. The Morgan fingerprint density at radius 1 is 1.03 bits per heavy atom. The van der Waals surface area contributed by atoms with Crippen molar-refractivity contribution in [3.63, 3.8) is 0 Å². The summed E-state index contributed by atoms with van der Waals surface area (Å²) >= 11 is 6.19. The van der Waals surface area contributed by atoms with E-state index in [4.69, 9.17) is 16.3 Å². The molecule has 0 bridgehead atoms. The highest BCUT2D eigenvalue weighted by molar-refractivity contribution is 7.92. The lowest BCUT2D eigenvalue weighted by Crippen LogP contribution is -2.51. The maximum absolute atomic E-state index is 13.9. The number of nitrogens with zero attached hydrogens (tertiary/aromatic N) is 2. The number of nitrogens with one attached hydrogen (secondary N) is 1. The van der Waals surface area contributed by atoms with Crippen LogP contribution in [0.5, 0.6) is 5.75 Å². The fraction of sp³-hybridized carbons (Fsp3) is 0.286. The van der Waals surface area contributed by atoms with E-state index in [1.165, 1.54) is 49.4 Å². The van der Waals surface area contributed by atoms with Crippen LogP contribution in [0.25, 0.3) is 0 Å². The summed E-state index contributed by atoms with van der Waals surface area (Å²) < 4.78 is 33.8. The van der Waals surface area contributed by atoms with Gasteiger partial charge in [0.05, 0.1) is 17.7 Å². The van der Waals surface area contributed by atoms with Crippen molar-refractivity contribution in [2.45, 2.75) is 37.8 Å². The molecule has 0 aliphatic heterocycles. The summed E-state index contributed by atoms with van der Waals surface area (Å²) in [5.74, 6) is -0.366. The molecular weight excluding hydrogens is 526 g/mol. The smallest absolute Gasteiger partial charge is 0.264 e. The highest BCUT2D eigenvalue weighted by Crippen LogP contribution is 2.28. The predicted molar refractivity (Wildman–Crippen MR) is 149 cm³/mol. The third-order valence-corrected chi connectivity index (χ3v) is 8.11. The molecule has 10 heteroatoms. The summed E-state index contributed by atoms with van der Waals surface area (Å²) in [7, 11) is -1.20. The minimum atomic E-state index is -4.19. The van der Waals surface area contributed by atoms with Crippen molar-refractivity contribution >= 4 is 39.1 Å². The predicted octanol–water partition coefficient (Wildman–Crippen LogP) is 4.41. The van der Waals surface area contributed by atoms with E-state index in [0.717, 1.165) is 15.4 Å². The van der Waals surface area contributed by atoms with E-state index in [1.54, 1.807) is 25.1 Å². The van der Waals surface area contributed by atoms with Gasteiger partial charge in [0.25, 0.3) is 10.0 Å². The number of carbonyl (C=O) groups excluding carboxylic acids is 2. The average molecular weight is 558 g/mol. The highest BCUT2D eigenvalue weighted by Gasteiger charge is 2.33. The summed E-state index contributed by atoms with van der Waals surface area (Å²) in [6, 6.07) is 19.0. The Balaban J connectivity index is 2.06. The van der Waals surface area contributed by atoms with Crippen LogP contribution in [0.15, 0.2) is 77.7 Å². The second kappa shape index (κ2) is 12.8. The second-order valence-corrected chi connectivity index (χ2v) is 11.0. The third-order valence-electron chi connectivity index (χ3n) is 6.09. The van der Waals surface area contributed by atoms with Gasteiger partial charge in [-0.25, -0.2) is 8.42 Å². The normalized spacial score (nSPS) is 11.9. The molecule has 3 rings (SSSR count). The maximum atomic E-state index is 13.9. The van der Waals surface area contributed by atoms with Gasteiger partial charge in [-0.05, 0) is 61.4 Å². The lowest BCUT2D eigenvalue weighted by Gasteiger charge is -2.33. The number of aryl methyl sites for hydroxylation is 1. The number of rotatable bonds is 11. The number of carbonyl (C=O) groups is 2. The molecule has 202 valence electrons. The Bertz CT molecular complexity index is 1380. The average Bonchev–Trinajstić information content (AvgIpc) is 2.91. The minimum Gasteiger partial charge on any atom is -0.497 e. The molecule has 0 radical (unpaired) electrons. The first-order valence-corrected chi connectivity index (χ1v) is 13.9. The first-order valence-electron chi connectivity index (χ1n) is 12.1. The van der Waals surface area contributed by atoms with Crippen molar-refractivity contribution in [3.8, 4) is 5.75 Å². The van der Waals surface area contributed by atoms with Gasteiger partial charge in [-0.2, -0.15) is 0 Å². The van der Waals surface area contributed by atoms with Gasteiger partial charge in [-0.1, -0.05) is 54.4 Å². The first-order chi connectivity index (χ1) is 18.1. The van der Waals surface area contributed by atoms with E-state index in [2.05, 4.69) is 5.32 Å². The van der Waals surface area contributed by atoms with E-state index in [0.29, 0.717) is 17.2 Å². The Morgan fingerprint density at radius 3 is 2.29 bits per heavy atom. The van der Waals surface area contributed by atoms with E-state index in [-0.39, 0.29) is 23.0 Å². The summed E-state index contributed by atoms with van der Waals surface area (Å²) in [5, 5.41) is 2.93. The van der Waals surface area contributed by atoms with Gasteiger partial charge < -0.3 is 15.0 Å². The van der Waals surface area contributed by atoms with Gasteiger partial charge >= 0.3 is 0 Å². The van der Waals surface area contributed by atoms with Crippen LogP contribution >= 0.6 is 11.6 Å². The van der Waals surface area contributed by atoms with Crippen LogP contribution in [0, 0.1) is 6.92 Å². The Morgan fingerprint density at radius 2 is 1.71 bits per heavy atom. The molecule has 0 aromatic heterocycles. The van der Waals surface area contributed by atoms with Crippen LogP contribution in [-0.4, -0.2) is 51.9 Å². The van der Waals surface area contributed by atoms with Gasteiger partial charge in [0.2, 0.25) is 11.8 Å². The van der Waals surface area contributed by atoms with Crippen molar-refractivity contribution in [3.05, 3.63) is 88.9 Å². The molecule has 0 saturated carbocycles. The van der Waals surface area contributed by atoms with Crippen LogP contribution in [0.4, 0.5) is 5.69 Å². The van der Waals surface area contributed by atoms with E-state index in [1.807, 2.05) is 31.2 Å². The molecular formula is C28H32ClN3O5S. The number of likely N-dealkylation sites (N-methyl/N-ethyl adjacent to an activating group) is 1. The molecule has 0 unspecified atom stereocenters. The van der Waals surface area contributed by atoms with Crippen molar-refractivity contribution < 1.29 is 22.7 Å². The summed E-state index contributed by atoms with van der Waals surface area (Å²) in [6.07, 6.45) is 0.347. The number of benzene rings is 3. The number of methoxy groups -OCH3 is 1. The van der Waals surface area contributed by atoms with Crippen molar-refractivity contribution in [1.29, 1.82) is 0 Å². The topological polar surface area (TPSA) is 96.0 Å². The van der Waals surface area contributed by atoms with Gasteiger partial charge in [0, 0.05) is 18.6 Å². The highest BCUT2D eigenvalue weighted by atomic mass is 35.5. The van der Waals surface area contributed by atoms with Gasteiger partial charge in [-0.15, -0.1) is 0 Å². The van der Waals surface area contributed by atoms with Gasteiger partial charge in [0.1, 0.15) is 18.3 Å². The molecule has 0 heterocycles. The Labute approximate surface area is 229 Å². The van der Waals surface area contributed by atoms with E-state index < -0.39 is 28.5 Å². The van der Waals surface area contributed by atoms with Crippen molar-refractivity contribution in [2.24, 2.45) is 0 Å². The molecule has 0 aliphatic rings. The van der Waals surface area contributed by atoms with Crippen LogP contribution < -0.4 is 14.4 Å². The molecule has 38 heavy (non-hydrogen) atoms. The maximum Gasteiger partial charge on any atom is 0.264 e. The molecule has 0 fully saturated rings. The van der Waals surface area contributed by atoms with Crippen LogP contribution in [0.2, 0.25) is 5.02 Å². The number of sulfonamides is 1. The molecule has 1 N–H and O–H groups in total. The molecule has 0 saturated heterocycles. The van der Waals surface area contributed by atoms with E-state index >= 15 is 0 Å². The quantitative estimate of drug-likeness (QED) is 0.377. The summed E-state index contributed by atoms with van der Waals surface area (Å²) in [4.78, 5) is 28.1. The Hall–Kier alpha value is -3.56. The lowest BCUT2D eigenvalue weighted by atomic mass is 10.1. The van der Waals surface area contributed by atoms with Crippen LogP contribution in [0.3, 0.4) is 0 Å². The van der Waals surface area contributed by atoms with Crippen LogP contribution in [0.1, 0.15) is 24.5 Å². The number of amides is 2. The molecule has 1 atom stereocenters. The fourth-order valence-corrected chi connectivity index (χ4v) is 5.72. The molecule has 2 amide bonds. The lowest BCUT2D eigenvalue weighted by molar-refractivity contribution is -0.140. The largest absolute Gasteiger partial charge is 0.497 e. The van der Waals surface area contributed by atoms with Crippen molar-refractivity contribution in [1.82, 2.24) is 10.2 Å². The molecule has 3 aromatic carbocycles. The zero-order valence-corrected chi connectivity index (χ0v) is 23.4. The van der Waals surface area contributed by atoms with Gasteiger partial charge in [0.15, 0.2) is 0 Å². The zero-order valence-electron chi connectivity index (χ0n) is 21.8. The summed E-state index contributed by atoms with van der Waals surface area (Å²) in [5.41, 5.74) is 2.06. The monoisotopic (exact) mass is 557 g/mol. The number of hydrogen-bond donors (Lipinski definition) is 1. The number of ether oxygens (including phenoxy) is 1. The van der Waals surface area contributed by atoms with Gasteiger partial charge in [-0.3, -0.25) is 13.9 Å². The third kappa shape index (κ3) is 6.85.